The first kappa shape index (κ1) is 24.0. The smallest absolute Gasteiger partial charge is 0.296 e. The van der Waals surface area contributed by atoms with Gasteiger partial charge < -0.3 is 14.6 Å². The Kier molecular flexibility index (Phi) is 6.46. The molecule has 1 aliphatic rings. The highest BCUT2D eigenvalue weighted by atomic mass is 32.1. The molecule has 0 aliphatic carbocycles. The van der Waals surface area contributed by atoms with Gasteiger partial charge in [0.25, 0.3) is 5.91 Å². The van der Waals surface area contributed by atoms with Crippen LogP contribution in [0.4, 0.5) is 9.52 Å². The first-order chi connectivity index (χ1) is 17.4. The van der Waals surface area contributed by atoms with Crippen LogP contribution < -0.4 is 14.4 Å². The third-order valence-electron chi connectivity index (χ3n) is 5.63. The highest BCUT2D eigenvalue weighted by Crippen LogP contribution is 2.46. The molecule has 0 saturated heterocycles. The second-order valence-corrected chi connectivity index (χ2v) is 9.78. The Labute approximate surface area is 214 Å². The zero-order chi connectivity index (χ0) is 25.4. The van der Waals surface area contributed by atoms with Crippen molar-refractivity contribution in [2.24, 2.45) is 0 Å². The molecule has 0 bridgehead atoms. The molecule has 1 aliphatic heterocycles. The van der Waals surface area contributed by atoms with Gasteiger partial charge in [-0.3, -0.25) is 14.5 Å². The predicted octanol–water partition coefficient (Wildman–Crippen LogP) is 6.08. The quantitative estimate of drug-likeness (QED) is 0.281. The van der Waals surface area contributed by atoms with Crippen molar-refractivity contribution < 1.29 is 28.6 Å². The van der Waals surface area contributed by atoms with Gasteiger partial charge in [0.05, 0.1) is 39.9 Å². The number of rotatable bonds is 8. The Bertz CT molecular complexity index is 1500. The number of fused-ring (bicyclic) bond motifs is 1. The topological polar surface area (TPSA) is 89.0 Å². The van der Waals surface area contributed by atoms with Crippen LogP contribution in [0.3, 0.4) is 0 Å². The molecule has 3 heterocycles. The van der Waals surface area contributed by atoms with Gasteiger partial charge in [-0.1, -0.05) is 23.5 Å². The molecule has 2 aromatic heterocycles. The lowest BCUT2D eigenvalue weighted by Crippen LogP contribution is -2.31. The highest BCUT2D eigenvalue weighted by Gasteiger charge is 2.46. The monoisotopic (exact) mass is 524 g/mol. The van der Waals surface area contributed by atoms with E-state index in [1.165, 1.54) is 34.4 Å². The van der Waals surface area contributed by atoms with E-state index in [0.717, 1.165) is 11.3 Å². The molecule has 2 aromatic carbocycles. The SMILES string of the molecule is CCOc1ccc(C2C(C(=O)c3cccs3)=C(O)C(=O)N2c2nc3ccc(F)cc3s2)cc1OCC. The number of aliphatic hydroxyl groups excluding tert-OH is 1. The number of carbonyl (C=O) groups is 2. The molecule has 4 aromatic rings. The number of amides is 1. The van der Waals surface area contributed by atoms with Crippen molar-refractivity contribution in [3.8, 4) is 11.5 Å². The normalized spacial score (nSPS) is 15.7. The summed E-state index contributed by atoms with van der Waals surface area (Å²) in [6.45, 7) is 4.50. The maximum Gasteiger partial charge on any atom is 0.296 e. The standard InChI is InChI=1S/C26H21FN2O5S2/c1-3-33-17-10-7-14(12-18(17)34-4-2)22-21(23(30)19-6-5-11-35-19)24(31)25(32)29(22)26-28-16-9-8-15(27)13-20(16)36-26/h5-13,22,31H,3-4H2,1-2H3. The number of nitrogens with zero attached hydrogens (tertiary/aromatic N) is 2. The molecule has 10 heteroatoms. The van der Waals surface area contributed by atoms with Crippen molar-refractivity contribution >= 4 is 49.7 Å². The number of anilines is 1. The lowest BCUT2D eigenvalue weighted by molar-refractivity contribution is -0.117. The molecule has 1 atom stereocenters. The van der Waals surface area contributed by atoms with Gasteiger partial charge >= 0.3 is 0 Å². The summed E-state index contributed by atoms with van der Waals surface area (Å²) in [6, 6.07) is 11.7. The van der Waals surface area contributed by atoms with Crippen molar-refractivity contribution in [2.45, 2.75) is 19.9 Å². The Morgan fingerprint density at radius 2 is 1.89 bits per heavy atom. The lowest BCUT2D eigenvalue weighted by atomic mass is 9.95. The Hall–Kier alpha value is -3.76. The van der Waals surface area contributed by atoms with Gasteiger partial charge in [0.1, 0.15) is 5.82 Å². The molecule has 0 spiro atoms. The van der Waals surface area contributed by atoms with Gasteiger partial charge in [-0.2, -0.15) is 0 Å². The first-order valence-corrected chi connectivity index (χ1v) is 12.9. The van der Waals surface area contributed by atoms with E-state index in [0.29, 0.717) is 45.4 Å². The fourth-order valence-corrected chi connectivity index (χ4v) is 5.81. The van der Waals surface area contributed by atoms with Crippen molar-refractivity contribution in [3.63, 3.8) is 0 Å². The largest absolute Gasteiger partial charge is 0.503 e. The number of thiazole rings is 1. The van der Waals surface area contributed by atoms with Crippen LogP contribution in [0, 0.1) is 5.82 Å². The molecule has 0 radical (unpaired) electrons. The van der Waals surface area contributed by atoms with Crippen LogP contribution in [0.15, 0.2) is 65.2 Å². The molecule has 1 unspecified atom stereocenters. The number of hydrogen-bond acceptors (Lipinski definition) is 8. The molecule has 5 rings (SSSR count). The molecule has 184 valence electrons. The second kappa shape index (κ2) is 9.71. The van der Waals surface area contributed by atoms with Gasteiger partial charge in [0.2, 0.25) is 5.78 Å². The van der Waals surface area contributed by atoms with Crippen LogP contribution in [0.5, 0.6) is 11.5 Å². The second-order valence-electron chi connectivity index (χ2n) is 7.83. The number of aromatic nitrogens is 1. The van der Waals surface area contributed by atoms with Crippen LogP contribution in [0.25, 0.3) is 10.2 Å². The molecular weight excluding hydrogens is 503 g/mol. The summed E-state index contributed by atoms with van der Waals surface area (Å²) in [5.41, 5.74) is 0.978. The minimum Gasteiger partial charge on any atom is -0.503 e. The molecule has 7 nitrogen and oxygen atoms in total. The first-order valence-electron chi connectivity index (χ1n) is 11.2. The summed E-state index contributed by atoms with van der Waals surface area (Å²) in [4.78, 5) is 33.1. The molecule has 0 fully saturated rings. The summed E-state index contributed by atoms with van der Waals surface area (Å²) >= 11 is 2.32. The van der Waals surface area contributed by atoms with Crippen LogP contribution in [-0.4, -0.2) is 35.0 Å². The van der Waals surface area contributed by atoms with Crippen molar-refractivity contribution in [3.05, 3.63) is 81.5 Å². The molecule has 36 heavy (non-hydrogen) atoms. The van der Waals surface area contributed by atoms with Crippen LogP contribution in [0.1, 0.15) is 35.1 Å². The third kappa shape index (κ3) is 4.12. The highest BCUT2D eigenvalue weighted by molar-refractivity contribution is 7.22. The zero-order valence-electron chi connectivity index (χ0n) is 19.4. The van der Waals surface area contributed by atoms with Crippen LogP contribution in [0.2, 0.25) is 0 Å². The molecular formula is C26H21FN2O5S2. The average molecular weight is 525 g/mol. The number of benzene rings is 2. The van der Waals surface area contributed by atoms with Crippen LogP contribution in [-0.2, 0) is 4.79 Å². The summed E-state index contributed by atoms with van der Waals surface area (Å²) in [7, 11) is 0. The van der Waals surface area contributed by atoms with E-state index in [4.69, 9.17) is 9.47 Å². The minimum absolute atomic E-state index is 0.0560. The maximum absolute atomic E-state index is 13.8. The van der Waals surface area contributed by atoms with Crippen LogP contribution >= 0.6 is 22.7 Å². The number of carbonyl (C=O) groups excluding carboxylic acids is 2. The summed E-state index contributed by atoms with van der Waals surface area (Å²) in [5, 5.41) is 12.9. The minimum atomic E-state index is -0.979. The van der Waals surface area contributed by atoms with E-state index in [2.05, 4.69) is 4.98 Å². The number of halogens is 1. The predicted molar refractivity (Wildman–Crippen MR) is 137 cm³/mol. The maximum atomic E-state index is 13.8. The Morgan fingerprint density at radius 1 is 1.11 bits per heavy atom. The van der Waals surface area contributed by atoms with E-state index in [-0.39, 0.29) is 10.7 Å². The van der Waals surface area contributed by atoms with E-state index >= 15 is 0 Å². The Balaban J connectivity index is 1.68. The van der Waals surface area contributed by atoms with Crippen molar-refractivity contribution in [1.29, 1.82) is 0 Å². The fourth-order valence-electron chi connectivity index (χ4n) is 4.12. The number of Topliss-reactive ketones (excluding diaryl/α,β-unsaturated/α-hetero) is 1. The van der Waals surface area contributed by atoms with Crippen molar-refractivity contribution in [1.82, 2.24) is 4.98 Å². The zero-order valence-corrected chi connectivity index (χ0v) is 21.0. The van der Waals surface area contributed by atoms with E-state index in [1.54, 1.807) is 35.7 Å². The van der Waals surface area contributed by atoms with Gasteiger partial charge in [0.15, 0.2) is 22.4 Å². The Morgan fingerprint density at radius 3 is 2.61 bits per heavy atom. The molecule has 0 saturated carbocycles. The van der Waals surface area contributed by atoms with E-state index in [1.807, 2.05) is 13.8 Å². The van der Waals surface area contributed by atoms with Gasteiger partial charge in [-0.05, 0) is 61.2 Å². The average Bonchev–Trinajstić information content (AvgIpc) is 3.59. The van der Waals surface area contributed by atoms with E-state index < -0.39 is 29.3 Å². The molecule has 1 N–H and O–H groups in total. The summed E-state index contributed by atoms with van der Waals surface area (Å²) in [6.07, 6.45) is 0. The van der Waals surface area contributed by atoms with E-state index in [9.17, 15) is 19.1 Å². The van der Waals surface area contributed by atoms with Gasteiger partial charge in [0, 0.05) is 0 Å². The fraction of sp³-hybridized carbons (Fsp3) is 0.192. The molecule has 1 amide bonds. The number of hydrogen-bond donors (Lipinski definition) is 1. The lowest BCUT2D eigenvalue weighted by Gasteiger charge is -2.25. The number of ketones is 1. The van der Waals surface area contributed by atoms with Gasteiger partial charge in [-0.15, -0.1) is 11.3 Å². The summed E-state index contributed by atoms with van der Waals surface area (Å²) < 4.78 is 25.8. The van der Waals surface area contributed by atoms with Crippen molar-refractivity contribution in [2.75, 3.05) is 18.1 Å². The number of thiophene rings is 1. The third-order valence-corrected chi connectivity index (χ3v) is 7.51. The van der Waals surface area contributed by atoms with Gasteiger partial charge in [-0.25, -0.2) is 9.37 Å². The summed E-state index contributed by atoms with van der Waals surface area (Å²) in [5.74, 6) is -1.31. The number of ether oxygens (including phenoxy) is 2. The number of aliphatic hydroxyl groups is 1.